The molecule has 4 atom stereocenters. The van der Waals surface area contributed by atoms with Gasteiger partial charge in [0.05, 0.1) is 5.92 Å². The lowest BCUT2D eigenvalue weighted by Gasteiger charge is -2.28. The van der Waals surface area contributed by atoms with Crippen LogP contribution in [-0.2, 0) is 9.59 Å². The molecule has 1 unspecified atom stereocenters. The molecule has 0 fully saturated rings. The van der Waals surface area contributed by atoms with Gasteiger partial charge < -0.3 is 10.2 Å². The molecule has 0 radical (unpaired) electrons. The highest BCUT2D eigenvalue weighted by Crippen LogP contribution is 2.26. The summed E-state index contributed by atoms with van der Waals surface area (Å²) in [4.78, 5) is 23.0. The minimum atomic E-state index is -1.35. The second-order valence-electron chi connectivity index (χ2n) is 3.91. The predicted molar refractivity (Wildman–Crippen MR) is 58.6 cm³/mol. The highest BCUT2D eigenvalue weighted by molar-refractivity contribution is 6.00. The molecule has 0 heterocycles. The molecule has 4 nitrogen and oxygen atoms in total. The summed E-state index contributed by atoms with van der Waals surface area (Å²) in [6.07, 6.45) is 3.82. The second-order valence-corrected chi connectivity index (χ2v) is 3.91. The summed E-state index contributed by atoms with van der Waals surface area (Å²) in [5.74, 6) is -2.21. The van der Waals surface area contributed by atoms with Crippen molar-refractivity contribution in [2.75, 3.05) is 0 Å². The van der Waals surface area contributed by atoms with Crippen molar-refractivity contribution in [2.24, 2.45) is 11.8 Å². The molecular weight excluding hydrogens is 208 g/mol. The summed E-state index contributed by atoms with van der Waals surface area (Å²) in [6.45, 7) is 3.13. The molecule has 1 rings (SSSR count). The van der Waals surface area contributed by atoms with E-state index in [9.17, 15) is 19.8 Å². The predicted octanol–water partition coefficient (Wildman–Crippen LogP) is 0.245. The minimum Gasteiger partial charge on any atom is -0.386 e. The molecule has 0 aromatic carbocycles. The molecule has 16 heavy (non-hydrogen) atoms. The normalized spacial score (nSPS) is 32.0. The molecule has 4 heteroatoms. The number of carbonyl (C=O) groups is 2. The molecule has 2 N–H and O–H groups in total. The average molecular weight is 224 g/mol. The standard InChI is InChI=1S/C12H16O4/c1-3-4-8-5-6-9(14)12(16)10(8)11(15)7(2)13/h3-8,10,12-13,16H,1-2H3/b4-3+/t7?,8-,10+,12-/m0/s1. The Balaban J connectivity index is 3.03. The van der Waals surface area contributed by atoms with Crippen molar-refractivity contribution < 1.29 is 19.8 Å². The average Bonchev–Trinajstić information content (AvgIpc) is 2.23. The molecule has 0 aliphatic heterocycles. The third-order valence-electron chi connectivity index (χ3n) is 2.68. The summed E-state index contributed by atoms with van der Waals surface area (Å²) in [5, 5.41) is 18.9. The molecule has 0 aromatic rings. The van der Waals surface area contributed by atoms with Gasteiger partial charge in [0, 0.05) is 5.92 Å². The van der Waals surface area contributed by atoms with Crippen LogP contribution in [0.3, 0.4) is 0 Å². The van der Waals surface area contributed by atoms with Gasteiger partial charge in [0.2, 0.25) is 0 Å². The zero-order chi connectivity index (χ0) is 12.3. The summed E-state index contributed by atoms with van der Waals surface area (Å²) in [6, 6.07) is 0. The maximum Gasteiger partial charge on any atom is 0.184 e. The first-order chi connectivity index (χ1) is 7.49. The highest BCUT2D eigenvalue weighted by atomic mass is 16.3. The first-order valence-electron chi connectivity index (χ1n) is 5.23. The number of aliphatic hydroxyl groups is 2. The Morgan fingerprint density at radius 2 is 2.19 bits per heavy atom. The highest BCUT2D eigenvalue weighted by Gasteiger charge is 2.39. The number of ketones is 2. The number of hydrogen-bond acceptors (Lipinski definition) is 4. The maximum atomic E-state index is 11.7. The second kappa shape index (κ2) is 5.18. The van der Waals surface area contributed by atoms with Crippen molar-refractivity contribution in [1.29, 1.82) is 0 Å². The molecule has 0 amide bonds. The monoisotopic (exact) mass is 224 g/mol. The van der Waals surface area contributed by atoms with Crippen molar-refractivity contribution in [1.82, 2.24) is 0 Å². The van der Waals surface area contributed by atoms with Crippen LogP contribution in [0.2, 0.25) is 0 Å². The van der Waals surface area contributed by atoms with Gasteiger partial charge >= 0.3 is 0 Å². The Labute approximate surface area is 94.3 Å². The van der Waals surface area contributed by atoms with E-state index in [1.165, 1.54) is 13.0 Å². The molecule has 0 spiro atoms. The molecular formula is C12H16O4. The van der Waals surface area contributed by atoms with Gasteiger partial charge in [-0.3, -0.25) is 9.59 Å². The van der Waals surface area contributed by atoms with Gasteiger partial charge in [-0.2, -0.15) is 0 Å². The molecule has 0 saturated heterocycles. The summed E-state index contributed by atoms with van der Waals surface area (Å²) >= 11 is 0. The van der Waals surface area contributed by atoms with E-state index in [2.05, 4.69) is 0 Å². The summed E-state index contributed by atoms with van der Waals surface area (Å²) < 4.78 is 0. The fraction of sp³-hybridized carbons (Fsp3) is 0.500. The first kappa shape index (κ1) is 12.8. The number of aliphatic hydroxyl groups excluding tert-OH is 2. The summed E-state index contributed by atoms with van der Waals surface area (Å²) in [5.41, 5.74) is 0. The zero-order valence-electron chi connectivity index (χ0n) is 9.33. The van der Waals surface area contributed by atoms with Crippen LogP contribution in [0.1, 0.15) is 13.8 Å². The molecule has 0 aromatic heterocycles. The van der Waals surface area contributed by atoms with Gasteiger partial charge in [0.1, 0.15) is 12.2 Å². The Hall–Kier alpha value is -1.26. The lowest BCUT2D eigenvalue weighted by Crippen LogP contribution is -2.44. The Morgan fingerprint density at radius 3 is 2.69 bits per heavy atom. The van der Waals surface area contributed by atoms with Crippen LogP contribution in [0.25, 0.3) is 0 Å². The maximum absolute atomic E-state index is 11.7. The van der Waals surface area contributed by atoms with Crippen molar-refractivity contribution >= 4 is 11.6 Å². The van der Waals surface area contributed by atoms with E-state index >= 15 is 0 Å². The van der Waals surface area contributed by atoms with Crippen LogP contribution < -0.4 is 0 Å². The topological polar surface area (TPSA) is 74.6 Å². The van der Waals surface area contributed by atoms with Crippen molar-refractivity contribution in [2.45, 2.75) is 26.1 Å². The first-order valence-corrected chi connectivity index (χ1v) is 5.23. The van der Waals surface area contributed by atoms with E-state index in [0.717, 1.165) is 0 Å². The van der Waals surface area contributed by atoms with Gasteiger partial charge in [-0.05, 0) is 19.9 Å². The van der Waals surface area contributed by atoms with Crippen molar-refractivity contribution in [3.63, 3.8) is 0 Å². The number of hydrogen-bond donors (Lipinski definition) is 2. The van der Waals surface area contributed by atoms with Crippen LogP contribution in [0, 0.1) is 11.8 Å². The van der Waals surface area contributed by atoms with E-state index in [1.54, 1.807) is 25.2 Å². The van der Waals surface area contributed by atoms with Crippen LogP contribution in [0.15, 0.2) is 24.3 Å². The van der Waals surface area contributed by atoms with Gasteiger partial charge in [-0.15, -0.1) is 0 Å². The van der Waals surface area contributed by atoms with Crippen molar-refractivity contribution in [3.05, 3.63) is 24.3 Å². The third kappa shape index (κ3) is 2.46. The van der Waals surface area contributed by atoms with E-state index in [1.807, 2.05) is 0 Å². The van der Waals surface area contributed by atoms with E-state index < -0.39 is 29.7 Å². The molecule has 1 aliphatic rings. The van der Waals surface area contributed by atoms with Crippen LogP contribution in [-0.4, -0.2) is 34.0 Å². The lowest BCUT2D eigenvalue weighted by atomic mass is 9.77. The number of allylic oxidation sites excluding steroid dienone is 3. The van der Waals surface area contributed by atoms with Gasteiger partial charge in [-0.1, -0.05) is 18.2 Å². The van der Waals surface area contributed by atoms with E-state index in [-0.39, 0.29) is 5.92 Å². The Bertz CT molecular complexity index is 341. The van der Waals surface area contributed by atoms with Crippen LogP contribution in [0.5, 0.6) is 0 Å². The smallest absolute Gasteiger partial charge is 0.184 e. The SMILES string of the molecule is C/C=C/[C@H]1C=CC(=O)[C@H](O)[C@H]1C(=O)C(C)O. The van der Waals surface area contributed by atoms with Crippen LogP contribution in [0.4, 0.5) is 0 Å². The number of rotatable bonds is 3. The number of Topliss-reactive ketones (excluding diaryl/α,β-unsaturated/α-hetero) is 1. The number of carbonyl (C=O) groups excluding carboxylic acids is 2. The molecule has 0 bridgehead atoms. The fourth-order valence-electron chi connectivity index (χ4n) is 1.84. The largest absolute Gasteiger partial charge is 0.386 e. The van der Waals surface area contributed by atoms with Gasteiger partial charge in [0.25, 0.3) is 0 Å². The van der Waals surface area contributed by atoms with Crippen molar-refractivity contribution in [3.8, 4) is 0 Å². The van der Waals surface area contributed by atoms with E-state index in [4.69, 9.17) is 0 Å². The van der Waals surface area contributed by atoms with Gasteiger partial charge in [0.15, 0.2) is 11.6 Å². The zero-order valence-corrected chi connectivity index (χ0v) is 9.33. The Kier molecular flexibility index (Phi) is 4.15. The molecule has 1 aliphatic carbocycles. The molecule has 88 valence electrons. The van der Waals surface area contributed by atoms with Crippen LogP contribution >= 0.6 is 0 Å². The fourth-order valence-corrected chi connectivity index (χ4v) is 1.84. The lowest BCUT2D eigenvalue weighted by molar-refractivity contribution is -0.141. The van der Waals surface area contributed by atoms with E-state index in [0.29, 0.717) is 0 Å². The summed E-state index contributed by atoms with van der Waals surface area (Å²) in [7, 11) is 0. The minimum absolute atomic E-state index is 0.334. The van der Waals surface area contributed by atoms with Gasteiger partial charge in [-0.25, -0.2) is 0 Å². The Morgan fingerprint density at radius 1 is 1.56 bits per heavy atom. The molecule has 0 saturated carbocycles. The quantitative estimate of drug-likeness (QED) is 0.674. The third-order valence-corrected chi connectivity index (χ3v) is 2.68.